The summed E-state index contributed by atoms with van der Waals surface area (Å²) in [7, 11) is 0. The number of amides is 1. The molecule has 6 nitrogen and oxygen atoms in total. The molecule has 0 bridgehead atoms. The van der Waals surface area contributed by atoms with E-state index in [1.54, 1.807) is 5.01 Å². The van der Waals surface area contributed by atoms with E-state index >= 15 is 0 Å². The summed E-state index contributed by atoms with van der Waals surface area (Å²) in [6.45, 7) is 4.84. The third kappa shape index (κ3) is 5.00. The van der Waals surface area contributed by atoms with Crippen LogP contribution in [0.25, 0.3) is 0 Å². The first-order valence-corrected chi connectivity index (χ1v) is 7.45. The molecule has 3 N–H and O–H groups in total. The van der Waals surface area contributed by atoms with Gasteiger partial charge in [0.05, 0.1) is 0 Å². The number of piperazine rings is 1. The zero-order chi connectivity index (χ0) is 14.9. The van der Waals surface area contributed by atoms with Crippen LogP contribution in [0, 0.1) is 0 Å². The largest absolute Gasteiger partial charge is 0.444 e. The molecule has 0 atom stereocenters. The molecule has 21 heavy (non-hydrogen) atoms. The number of benzene rings is 1. The summed E-state index contributed by atoms with van der Waals surface area (Å²) in [5, 5.41) is 7.01. The van der Waals surface area contributed by atoms with Crippen LogP contribution in [-0.2, 0) is 11.3 Å². The summed E-state index contributed by atoms with van der Waals surface area (Å²) < 4.78 is 5.42. The number of nitrogens with one attached hydrogen (secondary N) is 1. The second kappa shape index (κ2) is 8.61. The van der Waals surface area contributed by atoms with E-state index in [2.05, 4.69) is 5.32 Å². The third-order valence-corrected chi connectivity index (χ3v) is 3.42. The minimum Gasteiger partial charge on any atom is -0.444 e. The molecule has 1 aromatic rings. The normalized spacial score (nSPS) is 15.7. The second-order valence-electron chi connectivity index (χ2n) is 5.01. The first kappa shape index (κ1) is 15.8. The Bertz CT molecular complexity index is 421. The number of carbonyl (C=O) groups excluding carboxylic acids is 1. The molecule has 6 heteroatoms. The van der Waals surface area contributed by atoms with Crippen LogP contribution in [-0.4, -0.2) is 55.4 Å². The van der Waals surface area contributed by atoms with Crippen molar-refractivity contribution in [2.24, 2.45) is 5.73 Å². The number of nitrogens with zero attached hydrogens (tertiary/aromatic N) is 2. The average molecular weight is 292 g/mol. The summed E-state index contributed by atoms with van der Waals surface area (Å²) in [6, 6.07) is 9.71. The molecule has 1 aliphatic heterocycles. The Hall–Kier alpha value is -1.63. The van der Waals surface area contributed by atoms with Gasteiger partial charge in [0.25, 0.3) is 0 Å². The fraction of sp³-hybridized carbons (Fsp3) is 0.533. The van der Waals surface area contributed by atoms with E-state index in [-0.39, 0.29) is 6.09 Å². The SMILES string of the molecule is NCCCN(C(=O)OCc1ccccc1)N1CCNCC1. The number of nitrogens with two attached hydrogens (primary N) is 1. The highest BCUT2D eigenvalue weighted by Crippen LogP contribution is 2.07. The molecule has 1 aliphatic rings. The van der Waals surface area contributed by atoms with Gasteiger partial charge in [-0.05, 0) is 18.5 Å². The maximum atomic E-state index is 12.3. The highest BCUT2D eigenvalue weighted by atomic mass is 16.6. The third-order valence-electron chi connectivity index (χ3n) is 3.42. The summed E-state index contributed by atoms with van der Waals surface area (Å²) in [6.07, 6.45) is 0.471. The number of hydrogen-bond acceptors (Lipinski definition) is 5. The Balaban J connectivity index is 1.90. The Morgan fingerprint density at radius 2 is 2.00 bits per heavy atom. The molecule has 0 saturated carbocycles. The van der Waals surface area contributed by atoms with Gasteiger partial charge in [-0.2, -0.15) is 0 Å². The van der Waals surface area contributed by atoms with E-state index in [4.69, 9.17) is 10.5 Å². The maximum absolute atomic E-state index is 12.3. The number of ether oxygens (including phenoxy) is 1. The lowest BCUT2D eigenvalue weighted by atomic mass is 10.2. The van der Waals surface area contributed by atoms with Gasteiger partial charge in [-0.25, -0.2) is 14.8 Å². The quantitative estimate of drug-likeness (QED) is 0.811. The molecule has 1 amide bonds. The highest BCUT2D eigenvalue weighted by Gasteiger charge is 2.23. The molecule has 1 saturated heterocycles. The first-order valence-electron chi connectivity index (χ1n) is 7.45. The Morgan fingerprint density at radius 3 is 2.67 bits per heavy atom. The van der Waals surface area contributed by atoms with Crippen molar-refractivity contribution in [1.29, 1.82) is 0 Å². The minimum absolute atomic E-state index is 0.297. The van der Waals surface area contributed by atoms with Crippen molar-refractivity contribution in [2.75, 3.05) is 39.3 Å². The first-order chi connectivity index (χ1) is 10.3. The van der Waals surface area contributed by atoms with Crippen LogP contribution in [0.1, 0.15) is 12.0 Å². The molecule has 0 radical (unpaired) electrons. The monoisotopic (exact) mass is 292 g/mol. The van der Waals surface area contributed by atoms with Gasteiger partial charge in [0.1, 0.15) is 6.61 Å². The highest BCUT2D eigenvalue weighted by molar-refractivity contribution is 5.67. The van der Waals surface area contributed by atoms with Crippen molar-refractivity contribution in [3.8, 4) is 0 Å². The van der Waals surface area contributed by atoms with Gasteiger partial charge >= 0.3 is 6.09 Å². The van der Waals surface area contributed by atoms with E-state index in [9.17, 15) is 4.79 Å². The lowest BCUT2D eigenvalue weighted by Crippen LogP contribution is -2.55. The molecular weight excluding hydrogens is 268 g/mol. The van der Waals surface area contributed by atoms with Crippen LogP contribution in [0.5, 0.6) is 0 Å². The van der Waals surface area contributed by atoms with Crippen LogP contribution in [0.3, 0.4) is 0 Å². The lowest BCUT2D eigenvalue weighted by molar-refractivity contribution is -0.0322. The number of hydrogen-bond donors (Lipinski definition) is 2. The minimum atomic E-state index is -0.297. The van der Waals surface area contributed by atoms with E-state index in [0.29, 0.717) is 19.7 Å². The van der Waals surface area contributed by atoms with Crippen molar-refractivity contribution in [3.63, 3.8) is 0 Å². The zero-order valence-corrected chi connectivity index (χ0v) is 12.3. The standard InChI is InChI=1S/C15H24N4O2/c16-7-4-10-19(18-11-8-17-9-12-18)15(20)21-13-14-5-2-1-3-6-14/h1-3,5-6,17H,4,7-13,16H2. The van der Waals surface area contributed by atoms with Crippen LogP contribution >= 0.6 is 0 Å². The smallest absolute Gasteiger partial charge is 0.424 e. The molecule has 0 aromatic heterocycles. The maximum Gasteiger partial charge on any atom is 0.424 e. The van der Waals surface area contributed by atoms with Crippen LogP contribution < -0.4 is 11.1 Å². The molecule has 1 fully saturated rings. The molecule has 0 unspecified atom stereocenters. The Kier molecular flexibility index (Phi) is 6.46. The van der Waals surface area contributed by atoms with Crippen LogP contribution in [0.2, 0.25) is 0 Å². The molecule has 0 aliphatic carbocycles. The van der Waals surface area contributed by atoms with Crippen molar-refractivity contribution < 1.29 is 9.53 Å². The Labute approximate surface area is 125 Å². The predicted octanol–water partition coefficient (Wildman–Crippen LogP) is 0.794. The van der Waals surface area contributed by atoms with Gasteiger partial charge < -0.3 is 15.8 Å². The predicted molar refractivity (Wildman–Crippen MR) is 81.4 cm³/mol. The van der Waals surface area contributed by atoms with Gasteiger partial charge in [-0.15, -0.1) is 0 Å². The second-order valence-corrected chi connectivity index (χ2v) is 5.01. The van der Waals surface area contributed by atoms with Crippen molar-refractivity contribution in [3.05, 3.63) is 35.9 Å². The summed E-state index contributed by atoms with van der Waals surface area (Å²) in [4.78, 5) is 12.3. The fourth-order valence-electron chi connectivity index (χ4n) is 2.28. The van der Waals surface area contributed by atoms with Gasteiger partial charge in [-0.1, -0.05) is 30.3 Å². The number of rotatable bonds is 6. The van der Waals surface area contributed by atoms with Gasteiger partial charge in [0, 0.05) is 32.7 Å². The molecule has 116 valence electrons. The van der Waals surface area contributed by atoms with E-state index in [1.807, 2.05) is 35.3 Å². The summed E-state index contributed by atoms with van der Waals surface area (Å²) >= 11 is 0. The average Bonchev–Trinajstić information content (AvgIpc) is 2.55. The van der Waals surface area contributed by atoms with Gasteiger partial charge in [0.15, 0.2) is 0 Å². The molecular formula is C15H24N4O2. The van der Waals surface area contributed by atoms with E-state index < -0.39 is 0 Å². The fourth-order valence-corrected chi connectivity index (χ4v) is 2.28. The summed E-state index contributed by atoms with van der Waals surface area (Å²) in [5.41, 5.74) is 6.55. The molecule has 1 aromatic carbocycles. The van der Waals surface area contributed by atoms with Crippen molar-refractivity contribution in [2.45, 2.75) is 13.0 Å². The van der Waals surface area contributed by atoms with Crippen molar-refractivity contribution >= 4 is 6.09 Å². The molecule has 2 rings (SSSR count). The van der Waals surface area contributed by atoms with Crippen LogP contribution in [0.4, 0.5) is 4.79 Å². The number of hydrazine groups is 1. The van der Waals surface area contributed by atoms with E-state index in [0.717, 1.165) is 38.2 Å². The van der Waals surface area contributed by atoms with Crippen molar-refractivity contribution in [1.82, 2.24) is 15.3 Å². The number of carbonyl (C=O) groups is 1. The molecule has 1 heterocycles. The summed E-state index contributed by atoms with van der Waals surface area (Å²) in [5.74, 6) is 0. The topological polar surface area (TPSA) is 70.8 Å². The lowest BCUT2D eigenvalue weighted by Gasteiger charge is -2.36. The van der Waals surface area contributed by atoms with E-state index in [1.165, 1.54) is 0 Å². The molecule has 0 spiro atoms. The van der Waals surface area contributed by atoms with Crippen LogP contribution in [0.15, 0.2) is 30.3 Å². The van der Waals surface area contributed by atoms with Gasteiger partial charge in [0.2, 0.25) is 0 Å². The zero-order valence-electron chi connectivity index (χ0n) is 12.3. The van der Waals surface area contributed by atoms with Gasteiger partial charge in [-0.3, -0.25) is 0 Å². The Morgan fingerprint density at radius 1 is 1.29 bits per heavy atom.